The van der Waals surface area contributed by atoms with Gasteiger partial charge in [0.2, 0.25) is 0 Å². The third-order valence-electron chi connectivity index (χ3n) is 4.26. The van der Waals surface area contributed by atoms with Crippen LogP contribution in [-0.2, 0) is 9.47 Å². The standard InChI is InChI=1S/C16H32N2O2/c1-12(2)6-14-11-20-16(10-18-14)8-13(3)7-15-9-17-4-5-19-15/h12-18H,4-11H2,1-3H3. The summed E-state index contributed by atoms with van der Waals surface area (Å²) < 4.78 is 11.8. The van der Waals surface area contributed by atoms with Crippen molar-refractivity contribution in [2.45, 2.75) is 58.3 Å². The van der Waals surface area contributed by atoms with Gasteiger partial charge in [0.15, 0.2) is 0 Å². The Hall–Kier alpha value is -0.160. The summed E-state index contributed by atoms with van der Waals surface area (Å²) in [7, 11) is 0. The van der Waals surface area contributed by atoms with E-state index in [0.717, 1.165) is 51.6 Å². The third-order valence-corrected chi connectivity index (χ3v) is 4.26. The Morgan fingerprint density at radius 2 is 1.75 bits per heavy atom. The van der Waals surface area contributed by atoms with Crippen molar-refractivity contribution in [1.82, 2.24) is 10.6 Å². The first-order valence-corrected chi connectivity index (χ1v) is 8.30. The van der Waals surface area contributed by atoms with E-state index in [0.29, 0.717) is 24.2 Å². The molecular formula is C16H32N2O2. The largest absolute Gasteiger partial charge is 0.376 e. The predicted molar refractivity (Wildman–Crippen MR) is 82.0 cm³/mol. The minimum Gasteiger partial charge on any atom is -0.376 e. The van der Waals surface area contributed by atoms with Crippen molar-refractivity contribution < 1.29 is 9.47 Å². The zero-order chi connectivity index (χ0) is 14.4. The molecule has 2 N–H and O–H groups in total. The van der Waals surface area contributed by atoms with Crippen LogP contribution in [0.5, 0.6) is 0 Å². The van der Waals surface area contributed by atoms with E-state index >= 15 is 0 Å². The summed E-state index contributed by atoms with van der Waals surface area (Å²) >= 11 is 0. The van der Waals surface area contributed by atoms with Crippen LogP contribution in [-0.4, -0.2) is 51.1 Å². The quantitative estimate of drug-likeness (QED) is 0.780. The van der Waals surface area contributed by atoms with Crippen molar-refractivity contribution in [3.05, 3.63) is 0 Å². The summed E-state index contributed by atoms with van der Waals surface area (Å²) in [4.78, 5) is 0. The Morgan fingerprint density at radius 3 is 2.30 bits per heavy atom. The molecule has 2 saturated heterocycles. The van der Waals surface area contributed by atoms with Crippen LogP contribution in [0.3, 0.4) is 0 Å². The highest BCUT2D eigenvalue weighted by molar-refractivity contribution is 4.79. The monoisotopic (exact) mass is 284 g/mol. The molecule has 0 aromatic heterocycles. The lowest BCUT2D eigenvalue weighted by molar-refractivity contribution is -0.0231. The maximum atomic E-state index is 6.03. The van der Waals surface area contributed by atoms with Crippen molar-refractivity contribution >= 4 is 0 Å². The van der Waals surface area contributed by atoms with Gasteiger partial charge < -0.3 is 20.1 Å². The van der Waals surface area contributed by atoms with E-state index in [1.807, 2.05) is 0 Å². The van der Waals surface area contributed by atoms with Gasteiger partial charge in [-0.15, -0.1) is 0 Å². The Labute approximate surface area is 124 Å². The van der Waals surface area contributed by atoms with Gasteiger partial charge in [-0.25, -0.2) is 0 Å². The van der Waals surface area contributed by atoms with Gasteiger partial charge in [-0.3, -0.25) is 0 Å². The average Bonchev–Trinajstić information content (AvgIpc) is 2.41. The van der Waals surface area contributed by atoms with Crippen LogP contribution in [0, 0.1) is 11.8 Å². The van der Waals surface area contributed by atoms with Crippen LogP contribution in [0.2, 0.25) is 0 Å². The molecule has 0 aromatic rings. The summed E-state index contributed by atoms with van der Waals surface area (Å²) in [5.41, 5.74) is 0. The number of hydrogen-bond acceptors (Lipinski definition) is 4. The highest BCUT2D eigenvalue weighted by Crippen LogP contribution is 2.20. The molecule has 4 nitrogen and oxygen atoms in total. The molecule has 0 saturated carbocycles. The van der Waals surface area contributed by atoms with E-state index in [2.05, 4.69) is 31.4 Å². The van der Waals surface area contributed by atoms with E-state index < -0.39 is 0 Å². The minimum absolute atomic E-state index is 0.380. The molecule has 2 aliphatic heterocycles. The fourth-order valence-corrected chi connectivity index (χ4v) is 3.30. The predicted octanol–water partition coefficient (Wildman–Crippen LogP) is 1.79. The van der Waals surface area contributed by atoms with E-state index in [9.17, 15) is 0 Å². The summed E-state index contributed by atoms with van der Waals surface area (Å²) in [6.45, 7) is 11.6. The lowest BCUT2D eigenvalue weighted by Gasteiger charge is -2.33. The van der Waals surface area contributed by atoms with E-state index in [1.165, 1.54) is 6.42 Å². The van der Waals surface area contributed by atoms with E-state index in [1.54, 1.807) is 0 Å². The second-order valence-corrected chi connectivity index (χ2v) is 6.96. The van der Waals surface area contributed by atoms with Crippen LogP contribution >= 0.6 is 0 Å². The van der Waals surface area contributed by atoms with E-state index in [-0.39, 0.29) is 0 Å². The molecule has 2 rings (SSSR count). The van der Waals surface area contributed by atoms with Crippen molar-refractivity contribution in [2.24, 2.45) is 11.8 Å². The minimum atomic E-state index is 0.380. The lowest BCUT2D eigenvalue weighted by atomic mass is 9.95. The van der Waals surface area contributed by atoms with Crippen LogP contribution in [0.15, 0.2) is 0 Å². The zero-order valence-corrected chi connectivity index (χ0v) is 13.4. The normalized spacial score (nSPS) is 33.3. The van der Waals surface area contributed by atoms with Gasteiger partial charge in [-0.1, -0.05) is 20.8 Å². The molecule has 0 amide bonds. The maximum Gasteiger partial charge on any atom is 0.0702 e. The SMILES string of the molecule is CC(C)CC1COC(CC(C)CC2CNCCO2)CN1. The molecule has 0 radical (unpaired) electrons. The number of rotatable bonds is 6. The van der Waals surface area contributed by atoms with Crippen molar-refractivity contribution in [3.8, 4) is 0 Å². The van der Waals surface area contributed by atoms with Crippen LogP contribution in [0.4, 0.5) is 0 Å². The molecule has 0 aliphatic carbocycles. The van der Waals surface area contributed by atoms with Crippen LogP contribution in [0.1, 0.15) is 40.0 Å². The summed E-state index contributed by atoms with van der Waals surface area (Å²) in [5.74, 6) is 1.40. The van der Waals surface area contributed by atoms with Crippen molar-refractivity contribution in [1.29, 1.82) is 0 Å². The molecule has 0 spiro atoms. The molecule has 20 heavy (non-hydrogen) atoms. The Balaban J connectivity index is 1.61. The van der Waals surface area contributed by atoms with Gasteiger partial charge in [-0.2, -0.15) is 0 Å². The van der Waals surface area contributed by atoms with E-state index in [4.69, 9.17) is 9.47 Å². The molecule has 4 atom stereocenters. The lowest BCUT2D eigenvalue weighted by Crippen LogP contribution is -2.47. The number of hydrogen-bond donors (Lipinski definition) is 2. The maximum absolute atomic E-state index is 6.03. The Kier molecular flexibility index (Phi) is 6.75. The van der Waals surface area contributed by atoms with Crippen LogP contribution < -0.4 is 10.6 Å². The van der Waals surface area contributed by atoms with Gasteiger partial charge in [0.1, 0.15) is 0 Å². The van der Waals surface area contributed by atoms with Gasteiger partial charge in [0.25, 0.3) is 0 Å². The molecule has 0 bridgehead atoms. The molecule has 4 heteroatoms. The number of morpholine rings is 2. The molecule has 2 aliphatic rings. The second kappa shape index (κ2) is 8.32. The first kappa shape index (κ1) is 16.2. The first-order chi connectivity index (χ1) is 9.63. The molecular weight excluding hydrogens is 252 g/mol. The zero-order valence-electron chi connectivity index (χ0n) is 13.4. The molecule has 0 aromatic carbocycles. The Bertz CT molecular complexity index is 259. The van der Waals surface area contributed by atoms with Crippen LogP contribution in [0.25, 0.3) is 0 Å². The van der Waals surface area contributed by atoms with Gasteiger partial charge in [-0.05, 0) is 31.1 Å². The molecule has 4 unspecified atom stereocenters. The van der Waals surface area contributed by atoms with Gasteiger partial charge >= 0.3 is 0 Å². The average molecular weight is 284 g/mol. The smallest absolute Gasteiger partial charge is 0.0702 e. The molecule has 2 heterocycles. The highest BCUT2D eigenvalue weighted by Gasteiger charge is 2.24. The summed E-state index contributed by atoms with van der Waals surface area (Å²) in [6, 6.07) is 0.549. The molecule has 118 valence electrons. The fourth-order valence-electron chi connectivity index (χ4n) is 3.30. The fraction of sp³-hybridized carbons (Fsp3) is 1.00. The van der Waals surface area contributed by atoms with Gasteiger partial charge in [0, 0.05) is 25.7 Å². The number of ether oxygens (including phenoxy) is 2. The van der Waals surface area contributed by atoms with Crippen molar-refractivity contribution in [3.63, 3.8) is 0 Å². The number of nitrogens with one attached hydrogen (secondary N) is 2. The first-order valence-electron chi connectivity index (χ1n) is 8.30. The Morgan fingerprint density at radius 1 is 1.00 bits per heavy atom. The van der Waals surface area contributed by atoms with Crippen molar-refractivity contribution in [2.75, 3.05) is 32.8 Å². The van der Waals surface area contributed by atoms with Gasteiger partial charge in [0.05, 0.1) is 25.4 Å². The summed E-state index contributed by atoms with van der Waals surface area (Å²) in [6.07, 6.45) is 4.27. The molecule has 2 fully saturated rings. The third kappa shape index (κ3) is 5.68. The topological polar surface area (TPSA) is 42.5 Å². The highest BCUT2D eigenvalue weighted by atomic mass is 16.5. The second-order valence-electron chi connectivity index (χ2n) is 6.96. The summed E-state index contributed by atoms with van der Waals surface area (Å²) in [5, 5.41) is 7.04.